The Kier molecular flexibility index (Phi) is 7.47. The van der Waals surface area contributed by atoms with Crippen LogP contribution in [0.2, 0.25) is 0 Å². The lowest BCUT2D eigenvalue weighted by Crippen LogP contribution is -2.41. The van der Waals surface area contributed by atoms with E-state index < -0.39 is 18.0 Å². The number of carboxylic acids is 1. The van der Waals surface area contributed by atoms with Crippen molar-refractivity contribution in [3.8, 4) is 11.1 Å². The van der Waals surface area contributed by atoms with Gasteiger partial charge in [0.2, 0.25) is 5.91 Å². The summed E-state index contributed by atoms with van der Waals surface area (Å²) in [6.07, 6.45) is 0.198. The molecular weight excluding hydrogens is 436 g/mol. The number of aliphatic carboxylic acids is 1. The van der Waals surface area contributed by atoms with Crippen LogP contribution in [0.5, 0.6) is 0 Å². The first-order valence-corrected chi connectivity index (χ1v) is 11.7. The molecule has 4 rings (SSSR count). The van der Waals surface area contributed by atoms with E-state index in [2.05, 4.69) is 34.9 Å². The molecule has 2 amide bonds. The third-order valence-corrected chi connectivity index (χ3v) is 6.55. The molecule has 180 valence electrons. The molecule has 1 aliphatic heterocycles. The van der Waals surface area contributed by atoms with Gasteiger partial charge in [-0.3, -0.25) is 9.59 Å². The van der Waals surface area contributed by atoms with Crippen molar-refractivity contribution < 1.29 is 29.0 Å². The normalized spacial score (nSPS) is 19.7. The molecule has 0 spiro atoms. The van der Waals surface area contributed by atoms with Crippen LogP contribution in [0.4, 0.5) is 4.79 Å². The van der Waals surface area contributed by atoms with E-state index in [0.29, 0.717) is 12.8 Å². The molecule has 3 N–H and O–H groups in total. The molecule has 0 bridgehead atoms. The van der Waals surface area contributed by atoms with Crippen LogP contribution in [0, 0.1) is 5.92 Å². The predicted molar refractivity (Wildman–Crippen MR) is 125 cm³/mol. The number of carbonyl (C=O) groups excluding carboxylic acids is 2. The van der Waals surface area contributed by atoms with Gasteiger partial charge in [-0.2, -0.15) is 0 Å². The van der Waals surface area contributed by atoms with Gasteiger partial charge >= 0.3 is 12.1 Å². The van der Waals surface area contributed by atoms with E-state index >= 15 is 0 Å². The lowest BCUT2D eigenvalue weighted by atomic mass is 9.98. The lowest BCUT2D eigenvalue weighted by Gasteiger charge is -2.19. The van der Waals surface area contributed by atoms with Crippen LogP contribution >= 0.6 is 0 Å². The SMILES string of the molecule is CC[C@H](CC(=O)NCC1CC(C(=O)O)CO1)NC(=O)OCC1c2ccccc2-c2ccccc21. The van der Waals surface area contributed by atoms with Crippen molar-refractivity contribution >= 4 is 18.0 Å². The van der Waals surface area contributed by atoms with Crippen LogP contribution < -0.4 is 10.6 Å². The maximum Gasteiger partial charge on any atom is 0.407 e. The molecule has 2 unspecified atom stereocenters. The number of amides is 2. The highest BCUT2D eigenvalue weighted by Gasteiger charge is 2.31. The van der Waals surface area contributed by atoms with Crippen molar-refractivity contribution in [2.24, 2.45) is 5.92 Å². The highest BCUT2D eigenvalue weighted by Crippen LogP contribution is 2.44. The molecular formula is C26H30N2O6. The highest BCUT2D eigenvalue weighted by molar-refractivity contribution is 5.79. The molecule has 1 aliphatic carbocycles. The quantitative estimate of drug-likeness (QED) is 0.523. The van der Waals surface area contributed by atoms with Crippen LogP contribution in [0.1, 0.15) is 43.2 Å². The Morgan fingerprint density at radius 1 is 1.09 bits per heavy atom. The molecule has 2 aromatic rings. The van der Waals surface area contributed by atoms with E-state index in [4.69, 9.17) is 14.6 Å². The molecule has 0 radical (unpaired) electrons. The van der Waals surface area contributed by atoms with Gasteiger partial charge in [-0.15, -0.1) is 0 Å². The first-order valence-electron chi connectivity index (χ1n) is 11.7. The van der Waals surface area contributed by atoms with Gasteiger partial charge in [0.15, 0.2) is 0 Å². The summed E-state index contributed by atoms with van der Waals surface area (Å²) in [6.45, 7) is 2.52. The summed E-state index contributed by atoms with van der Waals surface area (Å²) in [5.74, 6) is -1.66. The van der Waals surface area contributed by atoms with E-state index in [-0.39, 0.29) is 50.2 Å². The summed E-state index contributed by atoms with van der Waals surface area (Å²) in [6, 6.07) is 15.9. The van der Waals surface area contributed by atoms with Crippen LogP contribution in [0.25, 0.3) is 11.1 Å². The second kappa shape index (κ2) is 10.7. The standard InChI is InChI=1S/C26H30N2O6/c1-2-17(12-24(29)27-13-18-11-16(14-33-18)25(30)31)28-26(32)34-15-23-21-9-5-3-7-19(21)20-8-4-6-10-22(20)23/h3-10,16-18,23H,2,11-15H2,1H3,(H,27,29)(H,28,32)(H,30,31)/t16?,17-,18?/m1/s1. The van der Waals surface area contributed by atoms with Gasteiger partial charge in [-0.1, -0.05) is 55.5 Å². The maximum absolute atomic E-state index is 12.5. The summed E-state index contributed by atoms with van der Waals surface area (Å²) in [7, 11) is 0. The minimum absolute atomic E-state index is 0.0254. The van der Waals surface area contributed by atoms with Crippen LogP contribution in [0.3, 0.4) is 0 Å². The molecule has 8 nitrogen and oxygen atoms in total. The average Bonchev–Trinajstić information content (AvgIpc) is 3.44. The average molecular weight is 467 g/mol. The van der Waals surface area contributed by atoms with Gasteiger partial charge in [0.1, 0.15) is 6.61 Å². The summed E-state index contributed by atoms with van der Waals surface area (Å²) in [4.78, 5) is 35.8. The molecule has 0 aromatic heterocycles. The number of carbonyl (C=O) groups is 3. The maximum atomic E-state index is 12.5. The predicted octanol–water partition coefficient (Wildman–Crippen LogP) is 3.30. The van der Waals surface area contributed by atoms with E-state index in [1.165, 1.54) is 0 Å². The molecule has 3 atom stereocenters. The second-order valence-corrected chi connectivity index (χ2v) is 8.81. The minimum Gasteiger partial charge on any atom is -0.481 e. The Labute approximate surface area is 198 Å². The van der Waals surface area contributed by atoms with Gasteiger partial charge in [-0.05, 0) is 35.1 Å². The van der Waals surface area contributed by atoms with Gasteiger partial charge < -0.3 is 25.2 Å². The largest absolute Gasteiger partial charge is 0.481 e. The van der Waals surface area contributed by atoms with Crippen LogP contribution in [0.15, 0.2) is 48.5 Å². The van der Waals surface area contributed by atoms with Crippen molar-refractivity contribution in [1.82, 2.24) is 10.6 Å². The topological polar surface area (TPSA) is 114 Å². The molecule has 0 saturated carbocycles. The van der Waals surface area contributed by atoms with Gasteiger partial charge in [-0.25, -0.2) is 4.79 Å². The molecule has 2 aliphatic rings. The zero-order valence-corrected chi connectivity index (χ0v) is 19.2. The number of carboxylic acid groups (broad SMARTS) is 1. The molecule has 8 heteroatoms. The van der Waals surface area contributed by atoms with E-state index in [1.807, 2.05) is 31.2 Å². The number of benzene rings is 2. The van der Waals surface area contributed by atoms with Gasteiger partial charge in [0.25, 0.3) is 0 Å². The number of rotatable bonds is 9. The van der Waals surface area contributed by atoms with Crippen molar-refractivity contribution in [3.63, 3.8) is 0 Å². The highest BCUT2D eigenvalue weighted by atomic mass is 16.5. The van der Waals surface area contributed by atoms with Gasteiger partial charge in [0, 0.05) is 24.9 Å². The van der Waals surface area contributed by atoms with Crippen LogP contribution in [-0.2, 0) is 19.1 Å². The monoisotopic (exact) mass is 466 g/mol. The first kappa shape index (κ1) is 23.8. The van der Waals surface area contributed by atoms with Crippen molar-refractivity contribution in [2.75, 3.05) is 19.8 Å². The number of hydrogen-bond acceptors (Lipinski definition) is 5. The fraction of sp³-hybridized carbons (Fsp3) is 0.423. The Hall–Kier alpha value is -3.39. The van der Waals surface area contributed by atoms with Crippen molar-refractivity contribution in [2.45, 2.75) is 44.2 Å². The smallest absolute Gasteiger partial charge is 0.407 e. The minimum atomic E-state index is -0.882. The molecule has 34 heavy (non-hydrogen) atoms. The van der Waals surface area contributed by atoms with Gasteiger partial charge in [0.05, 0.1) is 18.6 Å². The van der Waals surface area contributed by atoms with Crippen molar-refractivity contribution in [1.29, 1.82) is 0 Å². The third kappa shape index (κ3) is 5.39. The lowest BCUT2D eigenvalue weighted by molar-refractivity contribution is -0.141. The second-order valence-electron chi connectivity index (χ2n) is 8.81. The fourth-order valence-corrected chi connectivity index (χ4v) is 4.65. The summed E-state index contributed by atoms with van der Waals surface area (Å²) in [5, 5.41) is 14.6. The van der Waals surface area contributed by atoms with Crippen molar-refractivity contribution in [3.05, 3.63) is 59.7 Å². The third-order valence-electron chi connectivity index (χ3n) is 6.55. The number of fused-ring (bicyclic) bond motifs is 3. The van der Waals surface area contributed by atoms with E-state index in [1.54, 1.807) is 0 Å². The number of hydrogen-bond donors (Lipinski definition) is 3. The number of nitrogens with one attached hydrogen (secondary N) is 2. The molecule has 2 aromatic carbocycles. The molecule has 1 saturated heterocycles. The first-order chi connectivity index (χ1) is 16.5. The summed E-state index contributed by atoms with van der Waals surface area (Å²) in [5.41, 5.74) is 4.61. The van der Waals surface area contributed by atoms with E-state index in [9.17, 15) is 14.4 Å². The number of alkyl carbamates (subject to hydrolysis) is 1. The summed E-state index contributed by atoms with van der Waals surface area (Å²) < 4.78 is 11.0. The summed E-state index contributed by atoms with van der Waals surface area (Å²) >= 11 is 0. The van der Waals surface area contributed by atoms with E-state index in [0.717, 1.165) is 22.3 Å². The Morgan fingerprint density at radius 2 is 1.74 bits per heavy atom. The fourth-order valence-electron chi connectivity index (χ4n) is 4.65. The van der Waals surface area contributed by atoms with Crippen LogP contribution in [-0.4, -0.2) is 55.0 Å². The Balaban J connectivity index is 1.25. The Morgan fingerprint density at radius 3 is 2.32 bits per heavy atom. The Bertz CT molecular complexity index is 1010. The molecule has 1 heterocycles. The zero-order chi connectivity index (χ0) is 24.1. The number of ether oxygens (including phenoxy) is 2. The molecule has 1 fully saturated rings. The zero-order valence-electron chi connectivity index (χ0n) is 19.2.